The van der Waals surface area contributed by atoms with Crippen LogP contribution in [0.2, 0.25) is 0 Å². The van der Waals surface area contributed by atoms with Crippen molar-refractivity contribution in [3.63, 3.8) is 0 Å². The second-order valence-corrected chi connectivity index (χ2v) is 8.28. The zero-order valence-electron chi connectivity index (χ0n) is 16.0. The molecule has 1 saturated heterocycles. The standard InChI is InChI=1S/C22H22N2O3S/c1-3-4-7-16-10-12-17(13-11-16)24-20(26)14-28-22(24)18-8-5-6-9-19(18)23(15(2)25)21(22)27/h5-6,8-13H,3-4,7,14H2,1-2H3/t22-/m1/s1. The average Bonchev–Trinajstić information content (AvgIpc) is 3.17. The average molecular weight is 394 g/mol. The molecule has 2 heterocycles. The van der Waals surface area contributed by atoms with Crippen LogP contribution in [-0.2, 0) is 25.7 Å². The molecular weight excluding hydrogens is 372 g/mol. The summed E-state index contributed by atoms with van der Waals surface area (Å²) in [5.74, 6) is -0.639. The molecule has 3 amide bonds. The first-order valence-electron chi connectivity index (χ1n) is 9.51. The number of benzene rings is 2. The highest BCUT2D eigenvalue weighted by Crippen LogP contribution is 2.55. The molecule has 0 unspecified atom stereocenters. The maximum atomic E-state index is 13.5. The Morgan fingerprint density at radius 2 is 1.82 bits per heavy atom. The van der Waals surface area contributed by atoms with Crippen LogP contribution in [0.4, 0.5) is 11.4 Å². The van der Waals surface area contributed by atoms with Crippen LogP contribution in [0.1, 0.15) is 37.8 Å². The molecule has 0 aromatic heterocycles. The summed E-state index contributed by atoms with van der Waals surface area (Å²) < 4.78 is 0. The van der Waals surface area contributed by atoms with E-state index in [-0.39, 0.29) is 23.5 Å². The van der Waals surface area contributed by atoms with E-state index in [4.69, 9.17) is 0 Å². The fourth-order valence-electron chi connectivity index (χ4n) is 3.99. The fraction of sp³-hybridized carbons (Fsp3) is 0.318. The number of unbranched alkanes of at least 4 members (excludes halogenated alkanes) is 1. The molecule has 0 aliphatic carbocycles. The number of amides is 3. The number of carbonyl (C=O) groups is 3. The number of hydrogen-bond donors (Lipinski definition) is 0. The highest BCUT2D eigenvalue weighted by atomic mass is 32.2. The summed E-state index contributed by atoms with van der Waals surface area (Å²) in [4.78, 5) is 40.1. The molecule has 1 atom stereocenters. The Bertz CT molecular complexity index is 957. The highest BCUT2D eigenvalue weighted by molar-refractivity contribution is 8.02. The number of fused-ring (bicyclic) bond motifs is 2. The third kappa shape index (κ3) is 2.66. The van der Waals surface area contributed by atoms with Gasteiger partial charge in [-0.3, -0.25) is 19.3 Å². The summed E-state index contributed by atoms with van der Waals surface area (Å²) in [6.07, 6.45) is 3.23. The number of anilines is 2. The Labute approximate surface area is 168 Å². The number of thioether (sulfide) groups is 1. The van der Waals surface area contributed by atoms with Gasteiger partial charge in [-0.15, -0.1) is 11.8 Å². The third-order valence-electron chi connectivity index (χ3n) is 5.30. The Morgan fingerprint density at radius 1 is 1.11 bits per heavy atom. The maximum Gasteiger partial charge on any atom is 0.275 e. The number of aryl methyl sites for hydroxylation is 1. The van der Waals surface area contributed by atoms with Crippen LogP contribution >= 0.6 is 11.8 Å². The molecule has 2 aromatic carbocycles. The van der Waals surface area contributed by atoms with Gasteiger partial charge in [0.25, 0.3) is 5.91 Å². The maximum absolute atomic E-state index is 13.5. The smallest absolute Gasteiger partial charge is 0.275 e. The first kappa shape index (κ1) is 18.7. The first-order valence-corrected chi connectivity index (χ1v) is 10.5. The predicted octanol–water partition coefficient (Wildman–Crippen LogP) is 3.86. The minimum absolute atomic E-state index is 0.125. The minimum Gasteiger partial charge on any atom is -0.283 e. The number of carbonyl (C=O) groups excluding carboxylic acids is 3. The van der Waals surface area contributed by atoms with Crippen molar-refractivity contribution in [3.8, 4) is 0 Å². The molecule has 0 radical (unpaired) electrons. The van der Waals surface area contributed by atoms with Crippen LogP contribution in [0.25, 0.3) is 0 Å². The molecule has 0 saturated carbocycles. The van der Waals surface area contributed by atoms with E-state index >= 15 is 0 Å². The molecule has 0 N–H and O–H groups in total. The minimum atomic E-state index is -1.22. The fourth-order valence-corrected chi connectivity index (χ4v) is 5.33. The Kier molecular flexibility index (Phi) is 4.75. The molecule has 2 aliphatic heterocycles. The van der Waals surface area contributed by atoms with Crippen molar-refractivity contribution in [1.82, 2.24) is 0 Å². The first-order chi connectivity index (χ1) is 13.5. The monoisotopic (exact) mass is 394 g/mol. The van der Waals surface area contributed by atoms with Gasteiger partial charge in [-0.25, -0.2) is 4.90 Å². The van der Waals surface area contributed by atoms with Crippen LogP contribution in [-0.4, -0.2) is 23.5 Å². The lowest BCUT2D eigenvalue weighted by atomic mass is 10.0. The third-order valence-corrected chi connectivity index (χ3v) is 6.69. The highest BCUT2D eigenvalue weighted by Gasteiger charge is 2.61. The van der Waals surface area contributed by atoms with Crippen LogP contribution in [0, 0.1) is 0 Å². The van der Waals surface area contributed by atoms with Gasteiger partial charge in [0.05, 0.1) is 11.4 Å². The molecule has 144 valence electrons. The Hall–Kier alpha value is -2.60. The van der Waals surface area contributed by atoms with Crippen molar-refractivity contribution in [2.45, 2.75) is 38.0 Å². The lowest BCUT2D eigenvalue weighted by Gasteiger charge is -2.33. The molecule has 1 spiro atoms. The lowest BCUT2D eigenvalue weighted by molar-refractivity contribution is -0.128. The summed E-state index contributed by atoms with van der Waals surface area (Å²) in [5.41, 5.74) is 3.15. The second kappa shape index (κ2) is 7.09. The van der Waals surface area contributed by atoms with E-state index in [9.17, 15) is 14.4 Å². The van der Waals surface area contributed by atoms with Gasteiger partial charge in [0.1, 0.15) is 0 Å². The predicted molar refractivity (Wildman–Crippen MR) is 111 cm³/mol. The van der Waals surface area contributed by atoms with Gasteiger partial charge in [-0.1, -0.05) is 43.7 Å². The number of nitrogens with zero attached hydrogens (tertiary/aromatic N) is 2. The normalized spacial score (nSPS) is 20.9. The van der Waals surface area contributed by atoms with Crippen LogP contribution in [0.15, 0.2) is 48.5 Å². The SMILES string of the molecule is CCCCc1ccc(N2C(=O)CS[C@]23C(=O)N(C(C)=O)c2ccccc23)cc1. The van der Waals surface area contributed by atoms with E-state index in [1.807, 2.05) is 36.4 Å². The van der Waals surface area contributed by atoms with Crippen molar-refractivity contribution in [2.75, 3.05) is 15.6 Å². The number of hydrogen-bond acceptors (Lipinski definition) is 4. The van der Waals surface area contributed by atoms with Crippen molar-refractivity contribution in [1.29, 1.82) is 0 Å². The van der Waals surface area contributed by atoms with E-state index in [1.54, 1.807) is 17.0 Å². The number of imide groups is 1. The largest absolute Gasteiger partial charge is 0.283 e. The van der Waals surface area contributed by atoms with E-state index < -0.39 is 4.87 Å². The summed E-state index contributed by atoms with van der Waals surface area (Å²) in [7, 11) is 0. The molecule has 6 heteroatoms. The Morgan fingerprint density at radius 3 is 2.50 bits per heavy atom. The van der Waals surface area contributed by atoms with Crippen LogP contribution < -0.4 is 9.80 Å². The van der Waals surface area contributed by atoms with Crippen molar-refractivity contribution >= 4 is 40.9 Å². The van der Waals surface area contributed by atoms with Gasteiger partial charge < -0.3 is 0 Å². The van der Waals surface area contributed by atoms with Crippen molar-refractivity contribution < 1.29 is 14.4 Å². The van der Waals surface area contributed by atoms with Gasteiger partial charge in [-0.2, -0.15) is 0 Å². The second-order valence-electron chi connectivity index (χ2n) is 7.11. The molecule has 28 heavy (non-hydrogen) atoms. The van der Waals surface area contributed by atoms with E-state index in [0.29, 0.717) is 16.9 Å². The summed E-state index contributed by atoms with van der Waals surface area (Å²) in [6, 6.07) is 15.1. The van der Waals surface area contributed by atoms with Gasteiger partial charge in [0, 0.05) is 18.2 Å². The number of para-hydroxylation sites is 1. The van der Waals surface area contributed by atoms with Crippen molar-refractivity contribution in [3.05, 3.63) is 59.7 Å². The van der Waals surface area contributed by atoms with E-state index in [1.165, 1.54) is 29.1 Å². The molecule has 5 nitrogen and oxygen atoms in total. The molecule has 1 fully saturated rings. The summed E-state index contributed by atoms with van der Waals surface area (Å²) >= 11 is 1.29. The summed E-state index contributed by atoms with van der Waals surface area (Å²) in [6.45, 7) is 3.53. The van der Waals surface area contributed by atoms with Crippen LogP contribution in [0.3, 0.4) is 0 Å². The van der Waals surface area contributed by atoms with Gasteiger partial charge in [0.2, 0.25) is 16.7 Å². The lowest BCUT2D eigenvalue weighted by Crippen LogP contribution is -2.50. The quantitative estimate of drug-likeness (QED) is 0.790. The summed E-state index contributed by atoms with van der Waals surface area (Å²) in [5, 5.41) is 0. The zero-order chi connectivity index (χ0) is 19.9. The van der Waals surface area contributed by atoms with Gasteiger partial charge in [0.15, 0.2) is 0 Å². The van der Waals surface area contributed by atoms with Gasteiger partial charge >= 0.3 is 0 Å². The topological polar surface area (TPSA) is 57.7 Å². The molecular formula is C22H22N2O3S. The van der Waals surface area contributed by atoms with Crippen molar-refractivity contribution in [2.24, 2.45) is 0 Å². The molecule has 2 aliphatic rings. The number of rotatable bonds is 4. The Balaban J connectivity index is 1.81. The van der Waals surface area contributed by atoms with E-state index in [0.717, 1.165) is 19.3 Å². The van der Waals surface area contributed by atoms with Crippen LogP contribution in [0.5, 0.6) is 0 Å². The van der Waals surface area contributed by atoms with E-state index in [2.05, 4.69) is 6.92 Å². The van der Waals surface area contributed by atoms with Gasteiger partial charge in [-0.05, 0) is 36.6 Å². The molecule has 2 aromatic rings. The zero-order valence-corrected chi connectivity index (χ0v) is 16.8. The molecule has 4 rings (SSSR count). The molecule has 0 bridgehead atoms.